The van der Waals surface area contributed by atoms with E-state index in [0.29, 0.717) is 64.1 Å². The fraction of sp³-hybridized carbons (Fsp3) is 0.840. The van der Waals surface area contributed by atoms with Gasteiger partial charge < -0.3 is 24.0 Å². The molecule has 11 nitrogen and oxygen atoms in total. The maximum Gasteiger partial charge on any atom is 0.410 e. The maximum atomic E-state index is 13.1. The van der Waals surface area contributed by atoms with Crippen molar-refractivity contribution in [1.82, 2.24) is 19.4 Å². The zero-order chi connectivity index (χ0) is 27.4. The molecular formula is C25H44N4O7S. The molecule has 2 saturated heterocycles. The normalized spacial score (nSPS) is 28.2. The van der Waals surface area contributed by atoms with Crippen LogP contribution in [0.2, 0.25) is 0 Å². The lowest BCUT2D eigenvalue weighted by Gasteiger charge is -2.42. The van der Waals surface area contributed by atoms with E-state index >= 15 is 0 Å². The first-order chi connectivity index (χ1) is 17.3. The van der Waals surface area contributed by atoms with Gasteiger partial charge in [0.2, 0.25) is 10.0 Å². The second-order valence-electron chi connectivity index (χ2n) is 11.1. The van der Waals surface area contributed by atoms with Crippen LogP contribution < -0.4 is 4.72 Å². The summed E-state index contributed by atoms with van der Waals surface area (Å²) in [5.41, 5.74) is 0.0363. The van der Waals surface area contributed by atoms with E-state index in [2.05, 4.69) is 4.72 Å². The van der Waals surface area contributed by atoms with Gasteiger partial charge in [0.15, 0.2) is 0 Å². The van der Waals surface area contributed by atoms with E-state index in [-0.39, 0.29) is 24.2 Å². The van der Waals surface area contributed by atoms with E-state index in [1.165, 1.54) is 7.05 Å². The monoisotopic (exact) mass is 544 g/mol. The highest BCUT2D eigenvalue weighted by Crippen LogP contribution is 2.30. The molecule has 3 aliphatic rings. The zero-order valence-electron chi connectivity index (χ0n) is 23.1. The Morgan fingerprint density at radius 2 is 1.92 bits per heavy atom. The minimum Gasteiger partial charge on any atom is -0.463 e. The molecule has 1 aliphatic carbocycles. The highest BCUT2D eigenvalue weighted by molar-refractivity contribution is 7.90. The van der Waals surface area contributed by atoms with E-state index < -0.39 is 27.1 Å². The van der Waals surface area contributed by atoms with Crippen molar-refractivity contribution in [1.29, 1.82) is 0 Å². The number of nitrogens with one attached hydrogen (secondary N) is 1. The molecule has 0 aromatic heterocycles. The first-order valence-electron chi connectivity index (χ1n) is 13.2. The number of piperazine rings is 1. The van der Waals surface area contributed by atoms with Gasteiger partial charge in [-0.15, -0.1) is 0 Å². The van der Waals surface area contributed by atoms with Gasteiger partial charge in [-0.25, -0.2) is 22.7 Å². The van der Waals surface area contributed by atoms with Gasteiger partial charge >= 0.3 is 12.1 Å². The Hall–Kier alpha value is -1.73. The SMILES string of the molecule is CCOC(=O)C1=CCC(OC[C@@H]2C[C@H](N3CCN(C)CC3S(=O)(=O)NC)CN2C(=O)OC(C)(C)C)CC1. The fourth-order valence-corrected chi connectivity index (χ4v) is 6.53. The van der Waals surface area contributed by atoms with Crippen molar-refractivity contribution < 1.29 is 32.2 Å². The molecule has 2 unspecified atom stereocenters. The number of nitrogens with zero attached hydrogens (tertiary/aromatic N) is 3. The van der Waals surface area contributed by atoms with Crippen LogP contribution in [0.5, 0.6) is 0 Å². The largest absolute Gasteiger partial charge is 0.463 e. The topological polar surface area (TPSA) is 118 Å². The smallest absolute Gasteiger partial charge is 0.410 e. The summed E-state index contributed by atoms with van der Waals surface area (Å²) in [5, 5.41) is -0.703. The first-order valence-corrected chi connectivity index (χ1v) is 14.7. The van der Waals surface area contributed by atoms with Gasteiger partial charge in [0, 0.05) is 37.8 Å². The molecule has 1 N–H and O–H groups in total. The van der Waals surface area contributed by atoms with Gasteiger partial charge in [-0.3, -0.25) is 4.90 Å². The third-order valence-corrected chi connectivity index (χ3v) is 8.84. The summed E-state index contributed by atoms with van der Waals surface area (Å²) >= 11 is 0. The summed E-state index contributed by atoms with van der Waals surface area (Å²) in [6, 6.07) is -0.377. The van der Waals surface area contributed by atoms with Crippen molar-refractivity contribution >= 4 is 22.1 Å². The Bertz CT molecular complexity index is 949. The average molecular weight is 545 g/mol. The van der Waals surface area contributed by atoms with Gasteiger partial charge in [-0.05, 0) is 67.5 Å². The molecule has 2 fully saturated rings. The Kier molecular flexibility index (Phi) is 10.0. The molecule has 0 aromatic carbocycles. The quantitative estimate of drug-likeness (QED) is 0.454. The molecule has 4 atom stereocenters. The van der Waals surface area contributed by atoms with Crippen LogP contribution in [0.15, 0.2) is 11.6 Å². The number of hydrogen-bond acceptors (Lipinski definition) is 9. The summed E-state index contributed by atoms with van der Waals surface area (Å²) in [7, 11) is -0.193. The molecule has 0 bridgehead atoms. The first kappa shape index (κ1) is 29.8. The Morgan fingerprint density at radius 3 is 2.51 bits per heavy atom. The second-order valence-corrected chi connectivity index (χ2v) is 13.1. The summed E-state index contributed by atoms with van der Waals surface area (Å²) in [6.07, 6.45) is 3.91. The van der Waals surface area contributed by atoms with E-state index in [4.69, 9.17) is 14.2 Å². The van der Waals surface area contributed by atoms with Crippen molar-refractivity contribution in [2.75, 3.05) is 53.5 Å². The molecule has 212 valence electrons. The number of hydrogen-bond donors (Lipinski definition) is 1. The number of ether oxygens (including phenoxy) is 3. The lowest BCUT2D eigenvalue weighted by molar-refractivity contribution is -0.138. The number of carbonyl (C=O) groups is 2. The number of likely N-dealkylation sites (N-methyl/N-ethyl adjacent to an activating group) is 1. The van der Waals surface area contributed by atoms with Crippen LogP contribution in [0.3, 0.4) is 0 Å². The number of carbonyl (C=O) groups excluding carboxylic acids is 2. The Balaban J connectivity index is 1.71. The summed E-state index contributed by atoms with van der Waals surface area (Å²) in [6.45, 7) is 10.1. The van der Waals surface area contributed by atoms with Gasteiger partial charge in [0.25, 0.3) is 0 Å². The highest BCUT2D eigenvalue weighted by Gasteiger charge is 2.45. The van der Waals surface area contributed by atoms with E-state index in [1.807, 2.05) is 43.7 Å². The average Bonchev–Trinajstić information content (AvgIpc) is 3.26. The van der Waals surface area contributed by atoms with Crippen LogP contribution in [0.25, 0.3) is 0 Å². The van der Waals surface area contributed by atoms with Crippen LogP contribution in [-0.2, 0) is 29.0 Å². The molecule has 0 radical (unpaired) electrons. The highest BCUT2D eigenvalue weighted by atomic mass is 32.2. The van der Waals surface area contributed by atoms with Gasteiger partial charge in [0.05, 0.1) is 25.4 Å². The molecule has 0 spiro atoms. The van der Waals surface area contributed by atoms with Gasteiger partial charge in [-0.2, -0.15) is 0 Å². The summed E-state index contributed by atoms with van der Waals surface area (Å²) in [4.78, 5) is 30.9. The van der Waals surface area contributed by atoms with E-state index in [0.717, 1.165) is 6.54 Å². The molecule has 2 aliphatic heterocycles. The van der Waals surface area contributed by atoms with Crippen LogP contribution in [0, 0.1) is 0 Å². The lowest BCUT2D eigenvalue weighted by Crippen LogP contribution is -2.60. The molecule has 0 aromatic rings. The van der Waals surface area contributed by atoms with Crippen molar-refractivity contribution in [3.05, 3.63) is 11.6 Å². The van der Waals surface area contributed by atoms with Crippen LogP contribution >= 0.6 is 0 Å². The third kappa shape index (κ3) is 7.89. The lowest BCUT2D eigenvalue weighted by atomic mass is 9.97. The fourth-order valence-electron chi connectivity index (χ4n) is 5.18. The molecule has 0 saturated carbocycles. The Morgan fingerprint density at radius 1 is 1.19 bits per heavy atom. The summed E-state index contributed by atoms with van der Waals surface area (Å²) in [5.74, 6) is -0.270. The van der Waals surface area contributed by atoms with Crippen molar-refractivity contribution in [2.45, 2.75) is 82.5 Å². The van der Waals surface area contributed by atoms with Crippen LogP contribution in [-0.4, -0.2) is 118 Å². The third-order valence-electron chi connectivity index (χ3n) is 7.13. The van der Waals surface area contributed by atoms with E-state index in [1.54, 1.807) is 11.8 Å². The second kappa shape index (κ2) is 12.4. The van der Waals surface area contributed by atoms with Crippen molar-refractivity contribution in [2.24, 2.45) is 0 Å². The van der Waals surface area contributed by atoms with E-state index in [9.17, 15) is 18.0 Å². The molecule has 37 heavy (non-hydrogen) atoms. The van der Waals surface area contributed by atoms with Gasteiger partial charge in [-0.1, -0.05) is 6.08 Å². The standard InChI is InChI=1S/C25H44N4O7S/c1-7-34-23(30)18-8-10-21(11-9-18)35-17-20-14-19(15-29(20)24(31)36-25(2,3)4)28-13-12-27(6)16-22(28)37(32,33)26-5/h8,19-22,26H,7,9-17H2,1-6H3/t19-,20-,21?,22?/m0/s1. The minimum absolute atomic E-state index is 0.0567. The zero-order valence-corrected chi connectivity index (χ0v) is 23.9. The predicted molar refractivity (Wildman–Crippen MR) is 139 cm³/mol. The molecule has 3 rings (SSSR count). The number of esters is 1. The molecule has 12 heteroatoms. The molecular weight excluding hydrogens is 500 g/mol. The minimum atomic E-state index is -3.55. The predicted octanol–water partition coefficient (Wildman–Crippen LogP) is 1.55. The number of sulfonamides is 1. The number of likely N-dealkylation sites (tertiary alicyclic amines) is 1. The Labute approximate surface area is 221 Å². The van der Waals surface area contributed by atoms with Crippen LogP contribution in [0.1, 0.15) is 53.4 Å². The number of rotatable bonds is 8. The molecule has 1 amide bonds. The number of amides is 1. The molecule has 2 heterocycles. The van der Waals surface area contributed by atoms with Crippen molar-refractivity contribution in [3.63, 3.8) is 0 Å². The van der Waals surface area contributed by atoms with Crippen molar-refractivity contribution in [3.8, 4) is 0 Å². The summed E-state index contributed by atoms with van der Waals surface area (Å²) < 4.78 is 45.2. The van der Waals surface area contributed by atoms with Gasteiger partial charge in [0.1, 0.15) is 11.0 Å². The van der Waals surface area contributed by atoms with Crippen LogP contribution in [0.4, 0.5) is 4.79 Å². The maximum absolute atomic E-state index is 13.1.